The molecule has 1 N–H and O–H groups in total. The lowest BCUT2D eigenvalue weighted by atomic mass is 10.1. The number of aliphatic carboxylic acids is 1. The van der Waals surface area contributed by atoms with Gasteiger partial charge >= 0.3 is 5.97 Å². The van der Waals surface area contributed by atoms with Gasteiger partial charge < -0.3 is 19.5 Å². The first-order valence-corrected chi connectivity index (χ1v) is 8.14. The molecule has 1 aromatic carbocycles. The number of fused-ring (bicyclic) bond motifs is 1. The summed E-state index contributed by atoms with van der Waals surface area (Å²) in [7, 11) is 0. The molecule has 2 aliphatic heterocycles. The molecule has 2 amide bonds. The van der Waals surface area contributed by atoms with Crippen LogP contribution >= 0.6 is 0 Å². The number of nitrogens with zero attached hydrogens (tertiary/aromatic N) is 2. The topological polar surface area (TPSA) is 96.4 Å². The summed E-state index contributed by atoms with van der Waals surface area (Å²) in [5.41, 5.74) is 0.564. The number of amides is 2. The molecule has 0 aliphatic carbocycles. The minimum absolute atomic E-state index is 0.108. The number of carboxylic acids is 1. The van der Waals surface area contributed by atoms with E-state index in [2.05, 4.69) is 0 Å². The Balaban J connectivity index is 1.72. The molecule has 0 aromatic heterocycles. The predicted molar refractivity (Wildman–Crippen MR) is 87.5 cm³/mol. The predicted octanol–water partition coefficient (Wildman–Crippen LogP) is 0.503. The maximum atomic E-state index is 12.6. The van der Waals surface area contributed by atoms with E-state index in [1.807, 2.05) is 0 Å². The smallest absolute Gasteiger partial charge is 0.306 e. The number of benzene rings is 1. The van der Waals surface area contributed by atoms with Gasteiger partial charge in [0, 0.05) is 13.1 Å². The van der Waals surface area contributed by atoms with Gasteiger partial charge in [-0.2, -0.15) is 0 Å². The van der Waals surface area contributed by atoms with Crippen LogP contribution in [0.1, 0.15) is 13.3 Å². The van der Waals surface area contributed by atoms with Crippen LogP contribution in [0.25, 0.3) is 0 Å². The molecule has 8 nitrogen and oxygen atoms in total. The van der Waals surface area contributed by atoms with Crippen molar-refractivity contribution in [2.24, 2.45) is 0 Å². The third kappa shape index (κ3) is 3.74. The Morgan fingerprint density at radius 2 is 2.08 bits per heavy atom. The molecular weight excluding hydrogens is 328 g/mol. The average Bonchev–Trinajstić information content (AvgIpc) is 2.58. The van der Waals surface area contributed by atoms with E-state index < -0.39 is 18.2 Å². The van der Waals surface area contributed by atoms with Crippen molar-refractivity contribution in [3.05, 3.63) is 24.3 Å². The van der Waals surface area contributed by atoms with Gasteiger partial charge in [-0.1, -0.05) is 12.1 Å². The number of para-hydroxylation sites is 2. The number of hydrogen-bond acceptors (Lipinski definition) is 5. The van der Waals surface area contributed by atoms with Crippen LogP contribution in [0.2, 0.25) is 0 Å². The summed E-state index contributed by atoms with van der Waals surface area (Å²) in [6, 6.07) is 7.08. The summed E-state index contributed by atoms with van der Waals surface area (Å²) < 4.78 is 10.9. The van der Waals surface area contributed by atoms with Crippen molar-refractivity contribution < 1.29 is 29.0 Å². The minimum Gasteiger partial charge on any atom is -0.481 e. The second kappa shape index (κ2) is 7.10. The third-order valence-corrected chi connectivity index (χ3v) is 4.26. The van der Waals surface area contributed by atoms with Gasteiger partial charge in [0.25, 0.3) is 5.91 Å². The molecule has 3 rings (SSSR count). The van der Waals surface area contributed by atoms with Crippen LogP contribution in [0.4, 0.5) is 5.69 Å². The van der Waals surface area contributed by atoms with Crippen LogP contribution in [-0.2, 0) is 19.1 Å². The van der Waals surface area contributed by atoms with Crippen molar-refractivity contribution in [1.82, 2.24) is 4.90 Å². The third-order valence-electron chi connectivity index (χ3n) is 4.26. The molecule has 2 heterocycles. The number of carboxylic acid groups (broad SMARTS) is 1. The number of hydrogen-bond donors (Lipinski definition) is 1. The van der Waals surface area contributed by atoms with Gasteiger partial charge in [-0.15, -0.1) is 0 Å². The van der Waals surface area contributed by atoms with Crippen molar-refractivity contribution in [3.8, 4) is 5.75 Å². The Morgan fingerprint density at radius 3 is 2.84 bits per heavy atom. The zero-order valence-corrected chi connectivity index (χ0v) is 13.9. The van der Waals surface area contributed by atoms with Crippen molar-refractivity contribution in [1.29, 1.82) is 0 Å². The number of anilines is 1. The Labute approximate surface area is 144 Å². The monoisotopic (exact) mass is 348 g/mol. The Hall–Kier alpha value is -2.61. The standard InChI is InChI=1S/C17H20N2O6/c1-11-17(23)19(13-4-2-3-5-14(13)25-11)10-15(20)18-6-7-24-12(9-18)8-16(21)22/h2-5,11-12H,6-10H2,1H3,(H,21,22). The molecule has 8 heteroatoms. The summed E-state index contributed by atoms with van der Waals surface area (Å²) in [6.07, 6.45) is -1.34. The lowest BCUT2D eigenvalue weighted by molar-refractivity contribution is -0.147. The number of carbonyl (C=O) groups excluding carboxylic acids is 2. The molecule has 0 radical (unpaired) electrons. The van der Waals surface area contributed by atoms with E-state index in [4.69, 9.17) is 14.6 Å². The molecule has 2 aliphatic rings. The van der Waals surface area contributed by atoms with E-state index in [0.29, 0.717) is 18.0 Å². The van der Waals surface area contributed by atoms with Crippen LogP contribution in [0.15, 0.2) is 24.3 Å². The van der Waals surface area contributed by atoms with Crippen molar-refractivity contribution in [2.75, 3.05) is 31.1 Å². The van der Waals surface area contributed by atoms with Crippen molar-refractivity contribution in [2.45, 2.75) is 25.6 Å². The highest BCUT2D eigenvalue weighted by Crippen LogP contribution is 2.33. The van der Waals surface area contributed by atoms with E-state index in [0.717, 1.165) is 0 Å². The minimum atomic E-state index is -0.967. The molecule has 0 spiro atoms. The highest BCUT2D eigenvalue weighted by atomic mass is 16.5. The quantitative estimate of drug-likeness (QED) is 0.851. The molecular formula is C17H20N2O6. The molecule has 1 saturated heterocycles. The Kier molecular flexibility index (Phi) is 4.89. The fourth-order valence-electron chi connectivity index (χ4n) is 3.02. The maximum absolute atomic E-state index is 12.6. The fraction of sp³-hybridized carbons (Fsp3) is 0.471. The molecule has 0 bridgehead atoms. The SMILES string of the molecule is CC1Oc2ccccc2N(CC(=O)N2CCOC(CC(=O)O)C2)C1=O. The van der Waals surface area contributed by atoms with E-state index in [1.165, 1.54) is 4.90 Å². The lowest BCUT2D eigenvalue weighted by Gasteiger charge is -2.36. The first-order chi connectivity index (χ1) is 12.0. The number of rotatable bonds is 4. The van der Waals surface area contributed by atoms with Crippen LogP contribution in [0, 0.1) is 0 Å². The fourth-order valence-corrected chi connectivity index (χ4v) is 3.02. The van der Waals surface area contributed by atoms with Crippen LogP contribution < -0.4 is 9.64 Å². The second-order valence-corrected chi connectivity index (χ2v) is 6.08. The van der Waals surface area contributed by atoms with Crippen LogP contribution in [-0.4, -0.2) is 66.2 Å². The maximum Gasteiger partial charge on any atom is 0.306 e. The highest BCUT2D eigenvalue weighted by Gasteiger charge is 2.34. The van der Waals surface area contributed by atoms with Crippen molar-refractivity contribution in [3.63, 3.8) is 0 Å². The zero-order chi connectivity index (χ0) is 18.0. The number of ether oxygens (including phenoxy) is 2. The van der Waals surface area contributed by atoms with E-state index in [-0.39, 0.29) is 37.9 Å². The Bertz CT molecular complexity index is 691. The average molecular weight is 348 g/mol. The lowest BCUT2D eigenvalue weighted by Crippen LogP contribution is -2.53. The molecule has 1 fully saturated rings. The van der Waals surface area contributed by atoms with Gasteiger partial charge in [0.1, 0.15) is 12.3 Å². The van der Waals surface area contributed by atoms with E-state index in [9.17, 15) is 14.4 Å². The normalized spacial score (nSPS) is 23.0. The van der Waals surface area contributed by atoms with Crippen LogP contribution in [0.3, 0.4) is 0 Å². The summed E-state index contributed by atoms with van der Waals surface area (Å²) in [5, 5.41) is 8.87. The molecule has 134 valence electrons. The number of carbonyl (C=O) groups is 3. The molecule has 25 heavy (non-hydrogen) atoms. The van der Waals surface area contributed by atoms with Gasteiger partial charge in [-0.25, -0.2) is 0 Å². The first-order valence-electron chi connectivity index (χ1n) is 8.14. The molecule has 0 saturated carbocycles. The van der Waals surface area contributed by atoms with Crippen molar-refractivity contribution >= 4 is 23.5 Å². The second-order valence-electron chi connectivity index (χ2n) is 6.08. The van der Waals surface area contributed by atoms with Gasteiger partial charge in [0.05, 0.1) is 24.8 Å². The van der Waals surface area contributed by atoms with E-state index >= 15 is 0 Å². The molecule has 1 aromatic rings. The zero-order valence-electron chi connectivity index (χ0n) is 13.9. The van der Waals surface area contributed by atoms with Gasteiger partial charge in [0.2, 0.25) is 5.91 Å². The summed E-state index contributed by atoms with van der Waals surface area (Å²) in [4.78, 5) is 38.9. The number of morpholine rings is 1. The van der Waals surface area contributed by atoms with Crippen LogP contribution in [0.5, 0.6) is 5.75 Å². The van der Waals surface area contributed by atoms with Gasteiger partial charge in [-0.3, -0.25) is 19.3 Å². The first kappa shape index (κ1) is 17.2. The molecule has 2 atom stereocenters. The summed E-state index contributed by atoms with van der Waals surface area (Å²) in [5.74, 6) is -0.920. The summed E-state index contributed by atoms with van der Waals surface area (Å²) in [6.45, 7) is 2.41. The molecule has 2 unspecified atom stereocenters. The largest absolute Gasteiger partial charge is 0.481 e. The van der Waals surface area contributed by atoms with Gasteiger partial charge in [-0.05, 0) is 19.1 Å². The van der Waals surface area contributed by atoms with Gasteiger partial charge in [0.15, 0.2) is 6.10 Å². The Morgan fingerprint density at radius 1 is 1.32 bits per heavy atom. The van der Waals surface area contributed by atoms with E-state index in [1.54, 1.807) is 36.1 Å². The summed E-state index contributed by atoms with van der Waals surface area (Å²) >= 11 is 0. The highest BCUT2D eigenvalue weighted by molar-refractivity contribution is 6.03.